The van der Waals surface area contributed by atoms with Crippen molar-refractivity contribution in [2.24, 2.45) is 11.7 Å². The third-order valence-electron chi connectivity index (χ3n) is 2.80. The van der Waals surface area contributed by atoms with Gasteiger partial charge < -0.3 is 15.8 Å². The minimum Gasteiger partial charge on any atom is -0.385 e. The molecule has 1 atom stereocenters. The summed E-state index contributed by atoms with van der Waals surface area (Å²) < 4.78 is 4.93. The number of amides is 1. The molecule has 0 saturated carbocycles. The third kappa shape index (κ3) is 5.29. The van der Waals surface area contributed by atoms with Gasteiger partial charge in [0.2, 0.25) is 5.91 Å². The van der Waals surface area contributed by atoms with Gasteiger partial charge in [0.15, 0.2) is 0 Å². The molecule has 0 fully saturated rings. The molecule has 0 aliphatic carbocycles. The molecule has 0 heterocycles. The normalized spacial score (nSPS) is 12.1. The summed E-state index contributed by atoms with van der Waals surface area (Å²) in [6, 6.07) is 9.94. The van der Waals surface area contributed by atoms with Crippen molar-refractivity contribution < 1.29 is 9.53 Å². The first-order valence-corrected chi connectivity index (χ1v) is 6.28. The van der Waals surface area contributed by atoms with Gasteiger partial charge in [0.25, 0.3) is 0 Å². The van der Waals surface area contributed by atoms with Crippen LogP contribution in [0.3, 0.4) is 0 Å². The van der Waals surface area contributed by atoms with E-state index >= 15 is 0 Å². The SMILES string of the molecule is COCCCNC(=O)C(CN)Cc1ccccc1. The molecule has 1 aromatic rings. The van der Waals surface area contributed by atoms with Crippen LogP contribution in [0.25, 0.3) is 0 Å². The van der Waals surface area contributed by atoms with E-state index in [2.05, 4.69) is 5.32 Å². The highest BCUT2D eigenvalue weighted by Crippen LogP contribution is 2.07. The standard InChI is InChI=1S/C14H22N2O2/c1-18-9-5-8-16-14(17)13(11-15)10-12-6-3-2-4-7-12/h2-4,6-7,13H,5,8-11,15H2,1H3,(H,16,17). The van der Waals surface area contributed by atoms with Crippen molar-refractivity contribution in [1.82, 2.24) is 5.32 Å². The van der Waals surface area contributed by atoms with Gasteiger partial charge in [0, 0.05) is 26.8 Å². The van der Waals surface area contributed by atoms with Crippen molar-refractivity contribution >= 4 is 5.91 Å². The van der Waals surface area contributed by atoms with E-state index in [0.717, 1.165) is 12.0 Å². The van der Waals surface area contributed by atoms with E-state index in [4.69, 9.17) is 10.5 Å². The Labute approximate surface area is 109 Å². The number of ether oxygens (including phenoxy) is 1. The molecule has 1 amide bonds. The second kappa shape index (κ2) is 8.66. The number of hydrogen-bond acceptors (Lipinski definition) is 3. The monoisotopic (exact) mass is 250 g/mol. The molecule has 0 aliphatic heterocycles. The third-order valence-corrected chi connectivity index (χ3v) is 2.80. The molecule has 0 aliphatic rings. The van der Waals surface area contributed by atoms with E-state index in [1.165, 1.54) is 0 Å². The quantitative estimate of drug-likeness (QED) is 0.675. The zero-order valence-corrected chi connectivity index (χ0v) is 10.9. The van der Waals surface area contributed by atoms with Gasteiger partial charge >= 0.3 is 0 Å². The van der Waals surface area contributed by atoms with Crippen LogP contribution in [-0.2, 0) is 16.0 Å². The molecule has 0 aromatic heterocycles. The van der Waals surface area contributed by atoms with Crippen LogP contribution < -0.4 is 11.1 Å². The molecule has 4 heteroatoms. The Morgan fingerprint density at radius 2 is 2.11 bits per heavy atom. The van der Waals surface area contributed by atoms with Crippen LogP contribution in [0.1, 0.15) is 12.0 Å². The maximum absolute atomic E-state index is 11.9. The molecular weight excluding hydrogens is 228 g/mol. The second-order valence-corrected chi connectivity index (χ2v) is 4.26. The van der Waals surface area contributed by atoms with E-state index in [9.17, 15) is 4.79 Å². The fourth-order valence-electron chi connectivity index (χ4n) is 1.75. The number of carbonyl (C=O) groups is 1. The van der Waals surface area contributed by atoms with Gasteiger partial charge in [-0.05, 0) is 18.4 Å². The zero-order valence-electron chi connectivity index (χ0n) is 10.9. The first-order chi connectivity index (χ1) is 8.77. The van der Waals surface area contributed by atoms with Gasteiger partial charge in [-0.25, -0.2) is 0 Å². The van der Waals surface area contributed by atoms with Crippen LogP contribution in [0, 0.1) is 5.92 Å². The highest BCUT2D eigenvalue weighted by molar-refractivity contribution is 5.79. The lowest BCUT2D eigenvalue weighted by Gasteiger charge is -2.14. The van der Waals surface area contributed by atoms with Gasteiger partial charge in [0.05, 0.1) is 5.92 Å². The number of nitrogens with one attached hydrogen (secondary N) is 1. The first-order valence-electron chi connectivity index (χ1n) is 6.28. The van der Waals surface area contributed by atoms with Crippen LogP contribution in [0.15, 0.2) is 30.3 Å². The fraction of sp³-hybridized carbons (Fsp3) is 0.500. The minimum atomic E-state index is -0.157. The molecule has 0 saturated heterocycles. The van der Waals surface area contributed by atoms with Crippen molar-refractivity contribution in [3.8, 4) is 0 Å². The van der Waals surface area contributed by atoms with E-state index in [1.807, 2.05) is 30.3 Å². The maximum atomic E-state index is 11.9. The summed E-state index contributed by atoms with van der Waals surface area (Å²) in [5, 5.41) is 2.89. The summed E-state index contributed by atoms with van der Waals surface area (Å²) >= 11 is 0. The van der Waals surface area contributed by atoms with Crippen LogP contribution in [0.2, 0.25) is 0 Å². The predicted molar refractivity (Wildman–Crippen MR) is 72.2 cm³/mol. The number of carbonyl (C=O) groups excluding carboxylic acids is 1. The fourth-order valence-corrected chi connectivity index (χ4v) is 1.75. The molecule has 4 nitrogen and oxygen atoms in total. The smallest absolute Gasteiger partial charge is 0.224 e. The average molecular weight is 250 g/mol. The molecule has 1 aromatic carbocycles. The lowest BCUT2D eigenvalue weighted by molar-refractivity contribution is -0.124. The highest BCUT2D eigenvalue weighted by Gasteiger charge is 2.16. The van der Waals surface area contributed by atoms with Gasteiger partial charge in [-0.2, -0.15) is 0 Å². The van der Waals surface area contributed by atoms with Crippen molar-refractivity contribution in [2.75, 3.05) is 26.8 Å². The number of nitrogens with two attached hydrogens (primary N) is 1. The zero-order chi connectivity index (χ0) is 13.2. The Hall–Kier alpha value is -1.39. The molecule has 0 spiro atoms. The molecule has 0 bridgehead atoms. The molecule has 1 rings (SSSR count). The van der Waals surface area contributed by atoms with E-state index < -0.39 is 0 Å². The topological polar surface area (TPSA) is 64.3 Å². The number of methoxy groups -OCH3 is 1. The number of rotatable bonds is 8. The summed E-state index contributed by atoms with van der Waals surface area (Å²) in [6.07, 6.45) is 1.51. The van der Waals surface area contributed by atoms with E-state index in [1.54, 1.807) is 7.11 Å². The predicted octanol–water partition coefficient (Wildman–Crippen LogP) is 0.957. The Morgan fingerprint density at radius 3 is 2.72 bits per heavy atom. The first kappa shape index (κ1) is 14.7. The Bertz CT molecular complexity index is 341. The van der Waals surface area contributed by atoms with Crippen LogP contribution in [-0.4, -0.2) is 32.7 Å². The van der Waals surface area contributed by atoms with Gasteiger partial charge in [-0.3, -0.25) is 4.79 Å². The van der Waals surface area contributed by atoms with E-state index in [0.29, 0.717) is 26.1 Å². The molecule has 18 heavy (non-hydrogen) atoms. The minimum absolute atomic E-state index is 0.0254. The molecule has 100 valence electrons. The summed E-state index contributed by atoms with van der Waals surface area (Å²) in [5.41, 5.74) is 6.81. The molecule has 1 unspecified atom stereocenters. The lowest BCUT2D eigenvalue weighted by atomic mass is 9.98. The van der Waals surface area contributed by atoms with Crippen molar-refractivity contribution in [1.29, 1.82) is 0 Å². The lowest BCUT2D eigenvalue weighted by Crippen LogP contribution is -2.37. The van der Waals surface area contributed by atoms with Crippen LogP contribution in [0.5, 0.6) is 0 Å². The molecule has 0 radical (unpaired) electrons. The highest BCUT2D eigenvalue weighted by atomic mass is 16.5. The second-order valence-electron chi connectivity index (χ2n) is 4.26. The van der Waals surface area contributed by atoms with Gasteiger partial charge in [0.1, 0.15) is 0 Å². The van der Waals surface area contributed by atoms with Gasteiger partial charge in [-0.1, -0.05) is 30.3 Å². The van der Waals surface area contributed by atoms with Crippen molar-refractivity contribution in [3.63, 3.8) is 0 Å². The van der Waals surface area contributed by atoms with Crippen molar-refractivity contribution in [2.45, 2.75) is 12.8 Å². The summed E-state index contributed by atoms with van der Waals surface area (Å²) in [6.45, 7) is 1.66. The molecular formula is C14H22N2O2. The van der Waals surface area contributed by atoms with Gasteiger partial charge in [-0.15, -0.1) is 0 Å². The van der Waals surface area contributed by atoms with Crippen LogP contribution >= 0.6 is 0 Å². The Kier molecular flexibility index (Phi) is 7.06. The Balaban J connectivity index is 2.38. The van der Waals surface area contributed by atoms with Crippen LogP contribution in [0.4, 0.5) is 0 Å². The van der Waals surface area contributed by atoms with Crippen molar-refractivity contribution in [3.05, 3.63) is 35.9 Å². The Morgan fingerprint density at radius 1 is 1.39 bits per heavy atom. The number of hydrogen-bond donors (Lipinski definition) is 2. The summed E-state index contributed by atoms with van der Waals surface area (Å²) in [7, 11) is 1.65. The average Bonchev–Trinajstić information content (AvgIpc) is 2.42. The summed E-state index contributed by atoms with van der Waals surface area (Å²) in [4.78, 5) is 11.9. The van der Waals surface area contributed by atoms with E-state index in [-0.39, 0.29) is 11.8 Å². The number of benzene rings is 1. The molecule has 3 N–H and O–H groups in total. The maximum Gasteiger partial charge on any atom is 0.224 e. The summed E-state index contributed by atoms with van der Waals surface area (Å²) in [5.74, 6) is -0.132. The largest absolute Gasteiger partial charge is 0.385 e.